The topological polar surface area (TPSA) is 96.5 Å². The summed E-state index contributed by atoms with van der Waals surface area (Å²) in [5, 5.41) is 5.63. The Balaban J connectivity index is 1.31. The third-order valence-corrected chi connectivity index (χ3v) is 7.46. The van der Waals surface area contributed by atoms with Crippen LogP contribution >= 0.6 is 12.2 Å². The lowest BCUT2D eigenvalue weighted by molar-refractivity contribution is 0.0977. The summed E-state index contributed by atoms with van der Waals surface area (Å²) in [6.45, 7) is 4.28. The van der Waals surface area contributed by atoms with Gasteiger partial charge in [-0.3, -0.25) is 14.8 Å². The molecule has 7 nitrogen and oxygen atoms in total. The van der Waals surface area contributed by atoms with Gasteiger partial charge in [0.25, 0.3) is 15.9 Å². The number of carbonyl (C=O) groups is 1. The van der Waals surface area contributed by atoms with E-state index in [4.69, 9.17) is 17.0 Å². The van der Waals surface area contributed by atoms with Crippen molar-refractivity contribution >= 4 is 44.6 Å². The van der Waals surface area contributed by atoms with E-state index in [1.807, 2.05) is 56.3 Å². The van der Waals surface area contributed by atoms with Gasteiger partial charge >= 0.3 is 0 Å². The van der Waals surface area contributed by atoms with E-state index in [9.17, 15) is 13.2 Å². The minimum Gasteiger partial charge on any atom is -0.493 e. The van der Waals surface area contributed by atoms with E-state index < -0.39 is 15.9 Å². The van der Waals surface area contributed by atoms with E-state index in [2.05, 4.69) is 15.4 Å². The largest absolute Gasteiger partial charge is 0.493 e. The second kappa shape index (κ2) is 12.6. The van der Waals surface area contributed by atoms with E-state index in [0.29, 0.717) is 29.3 Å². The average Bonchev–Trinajstić information content (AvgIpc) is 2.91. The molecule has 0 spiro atoms. The smallest absolute Gasteiger partial charge is 0.261 e. The molecular weight excluding hydrogens is 530 g/mol. The van der Waals surface area contributed by atoms with Crippen molar-refractivity contribution in [1.29, 1.82) is 0 Å². The molecule has 200 valence electrons. The molecule has 4 rings (SSSR count). The molecule has 9 heteroatoms. The second-order valence-corrected chi connectivity index (χ2v) is 11.1. The quantitative estimate of drug-likeness (QED) is 0.223. The fourth-order valence-corrected chi connectivity index (χ4v) is 5.19. The molecule has 0 saturated carbocycles. The lowest BCUT2D eigenvalue weighted by Gasteiger charge is -2.13. The van der Waals surface area contributed by atoms with E-state index in [1.165, 1.54) is 17.7 Å². The maximum absolute atomic E-state index is 12.8. The average molecular weight is 560 g/mol. The van der Waals surface area contributed by atoms with Crippen LogP contribution in [0.2, 0.25) is 0 Å². The molecule has 0 heterocycles. The summed E-state index contributed by atoms with van der Waals surface area (Å²) >= 11 is 5.28. The number of anilines is 2. The number of hydrogen-bond acceptors (Lipinski definition) is 5. The molecule has 4 aromatic rings. The summed E-state index contributed by atoms with van der Waals surface area (Å²) in [5.41, 5.74) is 4.51. The van der Waals surface area contributed by atoms with E-state index in [1.54, 1.807) is 42.5 Å². The molecule has 0 aliphatic rings. The lowest BCUT2D eigenvalue weighted by Crippen LogP contribution is -2.34. The van der Waals surface area contributed by atoms with Gasteiger partial charge in [0.2, 0.25) is 0 Å². The number of aryl methyl sites for hydroxylation is 2. The van der Waals surface area contributed by atoms with Gasteiger partial charge in [-0.25, -0.2) is 8.42 Å². The van der Waals surface area contributed by atoms with Crippen molar-refractivity contribution in [2.24, 2.45) is 0 Å². The van der Waals surface area contributed by atoms with Gasteiger partial charge in [-0.2, -0.15) is 0 Å². The molecule has 0 atom stereocenters. The molecule has 0 aliphatic carbocycles. The zero-order chi connectivity index (χ0) is 27.8. The summed E-state index contributed by atoms with van der Waals surface area (Å²) in [4.78, 5) is 12.8. The zero-order valence-corrected chi connectivity index (χ0v) is 23.2. The van der Waals surface area contributed by atoms with Gasteiger partial charge in [-0.05, 0) is 85.7 Å². The molecule has 4 aromatic carbocycles. The van der Waals surface area contributed by atoms with Gasteiger partial charge in [-0.1, -0.05) is 54.1 Å². The summed E-state index contributed by atoms with van der Waals surface area (Å²) in [6.07, 6.45) is 0.757. The maximum atomic E-state index is 12.8. The Kier molecular flexibility index (Phi) is 8.96. The molecule has 0 fully saturated rings. The van der Waals surface area contributed by atoms with Crippen LogP contribution in [0.15, 0.2) is 102 Å². The van der Waals surface area contributed by atoms with Gasteiger partial charge in [0.05, 0.1) is 17.2 Å². The number of carbonyl (C=O) groups excluding carboxylic acids is 1. The summed E-state index contributed by atoms with van der Waals surface area (Å²) in [6, 6.07) is 28.5. The van der Waals surface area contributed by atoms with E-state index >= 15 is 0 Å². The molecule has 0 radical (unpaired) electrons. The predicted molar refractivity (Wildman–Crippen MR) is 159 cm³/mol. The van der Waals surface area contributed by atoms with Crippen molar-refractivity contribution < 1.29 is 17.9 Å². The molecule has 1 amide bonds. The third-order valence-electron chi connectivity index (χ3n) is 5.87. The minimum absolute atomic E-state index is 0.0828. The Morgan fingerprint density at radius 2 is 1.62 bits per heavy atom. The Bertz CT molecular complexity index is 1570. The fourth-order valence-electron chi connectivity index (χ4n) is 3.85. The Hall–Kier alpha value is -4.21. The SMILES string of the molecule is Cc1ccc(NS(=O)(=O)c2ccc(NC(=S)NC(=O)c3cccc(OCCc4ccccc4)c3)cc2)c(C)c1. The van der Waals surface area contributed by atoms with Gasteiger partial charge in [0.15, 0.2) is 5.11 Å². The van der Waals surface area contributed by atoms with Crippen molar-refractivity contribution in [3.05, 3.63) is 119 Å². The second-order valence-electron chi connectivity index (χ2n) is 8.97. The zero-order valence-electron chi connectivity index (χ0n) is 21.6. The molecule has 0 bridgehead atoms. The van der Waals surface area contributed by atoms with Gasteiger partial charge in [0, 0.05) is 17.7 Å². The Labute approximate surface area is 234 Å². The highest BCUT2D eigenvalue weighted by Crippen LogP contribution is 2.22. The van der Waals surface area contributed by atoms with Crippen molar-refractivity contribution in [3.63, 3.8) is 0 Å². The summed E-state index contributed by atoms with van der Waals surface area (Å²) in [7, 11) is -3.77. The molecule has 3 N–H and O–H groups in total. The van der Waals surface area contributed by atoms with Crippen LogP contribution in [0.3, 0.4) is 0 Å². The van der Waals surface area contributed by atoms with Crippen LogP contribution in [-0.2, 0) is 16.4 Å². The minimum atomic E-state index is -3.77. The van der Waals surface area contributed by atoms with Crippen LogP contribution in [-0.4, -0.2) is 26.0 Å². The summed E-state index contributed by atoms with van der Waals surface area (Å²) < 4.78 is 34.1. The number of rotatable bonds is 9. The number of thiocarbonyl (C=S) groups is 1. The third kappa shape index (κ3) is 7.89. The maximum Gasteiger partial charge on any atom is 0.261 e. The standard InChI is InChI=1S/C30H29N3O4S2/c1-21-11-16-28(22(2)19-21)33-39(35,36)27-14-12-25(13-15-27)31-30(38)32-29(34)24-9-6-10-26(20-24)37-18-17-23-7-4-3-5-8-23/h3-16,19-20,33H,17-18H2,1-2H3,(H2,31,32,34,38). The number of amides is 1. The normalized spacial score (nSPS) is 10.9. The first-order valence-electron chi connectivity index (χ1n) is 12.3. The first-order valence-corrected chi connectivity index (χ1v) is 14.2. The first kappa shape index (κ1) is 27.8. The number of ether oxygens (including phenoxy) is 1. The highest BCUT2D eigenvalue weighted by atomic mass is 32.2. The van der Waals surface area contributed by atoms with Crippen LogP contribution in [0.4, 0.5) is 11.4 Å². The van der Waals surface area contributed by atoms with Crippen LogP contribution in [0.5, 0.6) is 5.75 Å². The van der Waals surface area contributed by atoms with Gasteiger partial charge < -0.3 is 10.1 Å². The molecule has 0 saturated heterocycles. The van der Waals surface area contributed by atoms with Crippen molar-refractivity contribution in [2.75, 3.05) is 16.6 Å². The lowest BCUT2D eigenvalue weighted by atomic mass is 10.1. The number of nitrogens with one attached hydrogen (secondary N) is 3. The van der Waals surface area contributed by atoms with Crippen molar-refractivity contribution in [2.45, 2.75) is 25.2 Å². The van der Waals surface area contributed by atoms with E-state index in [0.717, 1.165) is 17.5 Å². The van der Waals surface area contributed by atoms with Crippen LogP contribution < -0.4 is 20.1 Å². The molecular formula is C30H29N3O4S2. The van der Waals surface area contributed by atoms with Crippen molar-refractivity contribution in [3.8, 4) is 5.75 Å². The Morgan fingerprint density at radius 1 is 0.872 bits per heavy atom. The van der Waals surface area contributed by atoms with Crippen molar-refractivity contribution in [1.82, 2.24) is 5.32 Å². The van der Waals surface area contributed by atoms with Gasteiger partial charge in [-0.15, -0.1) is 0 Å². The first-order chi connectivity index (χ1) is 18.7. The molecule has 39 heavy (non-hydrogen) atoms. The van der Waals surface area contributed by atoms with Crippen LogP contribution in [0.1, 0.15) is 27.0 Å². The Morgan fingerprint density at radius 3 is 2.33 bits per heavy atom. The summed E-state index contributed by atoms with van der Waals surface area (Å²) in [5.74, 6) is 0.196. The fraction of sp³-hybridized carbons (Fsp3) is 0.133. The monoisotopic (exact) mass is 559 g/mol. The highest BCUT2D eigenvalue weighted by Gasteiger charge is 2.16. The number of benzene rings is 4. The van der Waals surface area contributed by atoms with Crippen LogP contribution in [0, 0.1) is 13.8 Å². The molecule has 0 aliphatic heterocycles. The molecule has 0 aromatic heterocycles. The number of sulfonamides is 1. The number of hydrogen-bond donors (Lipinski definition) is 3. The predicted octanol–water partition coefficient (Wildman–Crippen LogP) is 5.85. The van der Waals surface area contributed by atoms with Gasteiger partial charge in [0.1, 0.15) is 5.75 Å². The highest BCUT2D eigenvalue weighted by molar-refractivity contribution is 7.92. The van der Waals surface area contributed by atoms with E-state index in [-0.39, 0.29) is 10.0 Å². The molecule has 0 unspecified atom stereocenters. The van der Waals surface area contributed by atoms with Crippen LogP contribution in [0.25, 0.3) is 0 Å².